The zero-order valence-electron chi connectivity index (χ0n) is 11.3. The summed E-state index contributed by atoms with van der Waals surface area (Å²) in [6.07, 6.45) is 1.10. The SMILES string of the molecule is CCc1ccc(CNCc2c(Cl)oc3ccccc23)s1. The van der Waals surface area contributed by atoms with E-state index in [0.717, 1.165) is 36.0 Å². The van der Waals surface area contributed by atoms with E-state index in [0.29, 0.717) is 5.22 Å². The van der Waals surface area contributed by atoms with Crippen molar-refractivity contribution in [3.8, 4) is 0 Å². The van der Waals surface area contributed by atoms with E-state index in [4.69, 9.17) is 16.0 Å². The Morgan fingerprint density at radius 3 is 2.70 bits per heavy atom. The number of nitrogens with one attached hydrogen (secondary N) is 1. The predicted molar refractivity (Wildman–Crippen MR) is 85.5 cm³/mol. The molecule has 0 saturated carbocycles. The minimum absolute atomic E-state index is 0.485. The normalized spacial score (nSPS) is 11.3. The topological polar surface area (TPSA) is 25.2 Å². The molecule has 0 atom stereocenters. The Hall–Kier alpha value is -1.29. The van der Waals surface area contributed by atoms with Crippen molar-refractivity contribution >= 4 is 33.9 Å². The second-order valence-electron chi connectivity index (χ2n) is 4.68. The van der Waals surface area contributed by atoms with Crippen LogP contribution in [0.3, 0.4) is 0 Å². The molecule has 2 nitrogen and oxygen atoms in total. The maximum Gasteiger partial charge on any atom is 0.199 e. The van der Waals surface area contributed by atoms with E-state index in [-0.39, 0.29) is 0 Å². The van der Waals surface area contributed by atoms with Crippen LogP contribution in [0.4, 0.5) is 0 Å². The van der Waals surface area contributed by atoms with Gasteiger partial charge in [-0.3, -0.25) is 0 Å². The number of hydrogen-bond donors (Lipinski definition) is 1. The van der Waals surface area contributed by atoms with Gasteiger partial charge in [-0.05, 0) is 36.2 Å². The Labute approximate surface area is 127 Å². The van der Waals surface area contributed by atoms with Gasteiger partial charge in [-0.1, -0.05) is 25.1 Å². The molecule has 0 amide bonds. The van der Waals surface area contributed by atoms with E-state index in [2.05, 4.69) is 24.4 Å². The van der Waals surface area contributed by atoms with E-state index in [1.165, 1.54) is 9.75 Å². The fraction of sp³-hybridized carbons (Fsp3) is 0.250. The summed E-state index contributed by atoms with van der Waals surface area (Å²) in [4.78, 5) is 2.78. The number of benzene rings is 1. The molecule has 0 radical (unpaired) electrons. The molecule has 4 heteroatoms. The lowest BCUT2D eigenvalue weighted by Gasteiger charge is -2.02. The van der Waals surface area contributed by atoms with Crippen molar-refractivity contribution in [2.75, 3.05) is 0 Å². The Balaban J connectivity index is 1.69. The minimum Gasteiger partial charge on any atom is -0.444 e. The number of para-hydroxylation sites is 1. The molecule has 1 N–H and O–H groups in total. The zero-order chi connectivity index (χ0) is 13.9. The summed E-state index contributed by atoms with van der Waals surface area (Å²) in [6, 6.07) is 12.3. The lowest BCUT2D eigenvalue weighted by atomic mass is 10.2. The number of thiophene rings is 1. The van der Waals surface area contributed by atoms with E-state index in [1.54, 1.807) is 0 Å². The molecule has 0 bridgehead atoms. The van der Waals surface area contributed by atoms with Crippen LogP contribution in [0.1, 0.15) is 22.2 Å². The molecular formula is C16H16ClNOS. The first-order valence-corrected chi connectivity index (χ1v) is 7.91. The van der Waals surface area contributed by atoms with E-state index >= 15 is 0 Å². The average Bonchev–Trinajstić information content (AvgIpc) is 3.04. The van der Waals surface area contributed by atoms with Crippen molar-refractivity contribution in [1.29, 1.82) is 0 Å². The maximum atomic E-state index is 6.17. The van der Waals surface area contributed by atoms with Gasteiger partial charge in [-0.15, -0.1) is 11.3 Å². The van der Waals surface area contributed by atoms with Crippen LogP contribution in [0.5, 0.6) is 0 Å². The van der Waals surface area contributed by atoms with Gasteiger partial charge in [0.1, 0.15) is 5.58 Å². The van der Waals surface area contributed by atoms with Crippen molar-refractivity contribution in [3.63, 3.8) is 0 Å². The first-order valence-electron chi connectivity index (χ1n) is 6.72. The summed E-state index contributed by atoms with van der Waals surface area (Å²) < 4.78 is 5.55. The highest BCUT2D eigenvalue weighted by atomic mass is 35.5. The molecule has 0 fully saturated rings. The lowest BCUT2D eigenvalue weighted by Crippen LogP contribution is -2.11. The van der Waals surface area contributed by atoms with Gasteiger partial charge >= 0.3 is 0 Å². The molecule has 0 spiro atoms. The summed E-state index contributed by atoms with van der Waals surface area (Å²) in [5.74, 6) is 0. The Morgan fingerprint density at radius 1 is 1.10 bits per heavy atom. The van der Waals surface area contributed by atoms with Crippen LogP contribution in [0.2, 0.25) is 5.22 Å². The van der Waals surface area contributed by atoms with Gasteiger partial charge in [-0.2, -0.15) is 0 Å². The minimum atomic E-state index is 0.485. The zero-order valence-corrected chi connectivity index (χ0v) is 12.9. The number of furan rings is 1. The van der Waals surface area contributed by atoms with Gasteiger partial charge in [0, 0.05) is 33.8 Å². The summed E-state index contributed by atoms with van der Waals surface area (Å²) in [5, 5.41) is 5.01. The van der Waals surface area contributed by atoms with Gasteiger partial charge in [0.25, 0.3) is 0 Å². The maximum absolute atomic E-state index is 6.17. The molecule has 0 aliphatic heterocycles. The number of halogens is 1. The number of fused-ring (bicyclic) bond motifs is 1. The smallest absolute Gasteiger partial charge is 0.199 e. The molecule has 104 valence electrons. The van der Waals surface area contributed by atoms with Crippen LogP contribution in [0.15, 0.2) is 40.8 Å². The van der Waals surface area contributed by atoms with Crippen molar-refractivity contribution in [3.05, 3.63) is 56.9 Å². The van der Waals surface area contributed by atoms with Crippen molar-refractivity contribution in [2.45, 2.75) is 26.4 Å². The quantitative estimate of drug-likeness (QED) is 0.717. The van der Waals surface area contributed by atoms with Gasteiger partial charge in [0.2, 0.25) is 0 Å². The molecule has 2 aromatic heterocycles. The Morgan fingerprint density at radius 2 is 1.90 bits per heavy atom. The molecule has 1 aromatic carbocycles. The summed E-state index contributed by atoms with van der Waals surface area (Å²) in [7, 11) is 0. The Kier molecular flexibility index (Phi) is 4.10. The van der Waals surface area contributed by atoms with E-state index in [1.807, 2.05) is 35.6 Å². The Bertz CT molecular complexity index is 716. The molecule has 2 heterocycles. The van der Waals surface area contributed by atoms with Crippen LogP contribution in [0.25, 0.3) is 11.0 Å². The highest BCUT2D eigenvalue weighted by Crippen LogP contribution is 2.29. The monoisotopic (exact) mass is 305 g/mol. The fourth-order valence-corrected chi connectivity index (χ4v) is 3.43. The predicted octanol–water partition coefficient (Wildman–Crippen LogP) is 5.00. The standard InChI is InChI=1S/C16H16ClNOS/c1-2-11-7-8-12(20-11)9-18-10-14-13-5-3-4-6-15(13)19-16(14)17/h3-8,18H,2,9-10H2,1H3. The second-order valence-corrected chi connectivity index (χ2v) is 6.27. The molecule has 0 unspecified atom stereocenters. The van der Waals surface area contributed by atoms with E-state index < -0.39 is 0 Å². The highest BCUT2D eigenvalue weighted by Gasteiger charge is 2.11. The summed E-state index contributed by atoms with van der Waals surface area (Å²) in [5.41, 5.74) is 1.88. The summed E-state index contributed by atoms with van der Waals surface area (Å²) in [6.45, 7) is 3.76. The van der Waals surface area contributed by atoms with Gasteiger partial charge in [0.05, 0.1) is 0 Å². The second kappa shape index (κ2) is 6.00. The number of aryl methyl sites for hydroxylation is 1. The highest BCUT2D eigenvalue weighted by molar-refractivity contribution is 7.11. The first kappa shape index (κ1) is 13.7. The third-order valence-corrected chi connectivity index (χ3v) is 4.85. The van der Waals surface area contributed by atoms with Crippen LogP contribution in [-0.4, -0.2) is 0 Å². The first-order chi connectivity index (χ1) is 9.78. The largest absolute Gasteiger partial charge is 0.444 e. The van der Waals surface area contributed by atoms with Gasteiger partial charge in [-0.25, -0.2) is 0 Å². The fourth-order valence-electron chi connectivity index (χ4n) is 2.25. The lowest BCUT2D eigenvalue weighted by molar-refractivity contribution is 0.604. The molecule has 0 aliphatic rings. The number of rotatable bonds is 5. The van der Waals surface area contributed by atoms with Crippen LogP contribution in [0, 0.1) is 0 Å². The molecule has 20 heavy (non-hydrogen) atoms. The third-order valence-electron chi connectivity index (χ3n) is 3.32. The number of hydrogen-bond acceptors (Lipinski definition) is 3. The molecule has 0 aliphatic carbocycles. The van der Waals surface area contributed by atoms with Gasteiger partial charge < -0.3 is 9.73 Å². The van der Waals surface area contributed by atoms with Crippen molar-refractivity contribution < 1.29 is 4.42 Å². The van der Waals surface area contributed by atoms with Crippen molar-refractivity contribution in [1.82, 2.24) is 5.32 Å². The molecular weight excluding hydrogens is 290 g/mol. The van der Waals surface area contributed by atoms with Crippen molar-refractivity contribution in [2.24, 2.45) is 0 Å². The van der Waals surface area contributed by atoms with Gasteiger partial charge in [0.15, 0.2) is 5.22 Å². The molecule has 3 aromatic rings. The average molecular weight is 306 g/mol. The van der Waals surface area contributed by atoms with Crippen LogP contribution < -0.4 is 5.32 Å². The molecule has 0 saturated heterocycles. The van der Waals surface area contributed by atoms with Crippen LogP contribution >= 0.6 is 22.9 Å². The molecule has 3 rings (SSSR count). The van der Waals surface area contributed by atoms with Crippen LogP contribution in [-0.2, 0) is 19.5 Å². The third kappa shape index (κ3) is 2.75. The van der Waals surface area contributed by atoms with E-state index in [9.17, 15) is 0 Å². The summed E-state index contributed by atoms with van der Waals surface area (Å²) >= 11 is 8.03.